The highest BCUT2D eigenvalue weighted by molar-refractivity contribution is 7.86. The number of hydrogen-bond acceptors (Lipinski definition) is 12. The SMILES string of the molecule is Nc1nc(Cc2ccccc2)nc(Nc2ccc(/C=C/c3ccc(Nc4nc(Cl)nc(Nc5ccccc5)n4)cc3)c(S(=O)(=O)O)c2)n1. The lowest BCUT2D eigenvalue weighted by Crippen LogP contribution is -2.08. The average molecular weight is 679 g/mol. The molecular formula is C33H27ClN10O3S. The number of nitrogens with zero attached hydrogens (tertiary/aromatic N) is 6. The van der Waals surface area contributed by atoms with Gasteiger partial charge in [-0.25, -0.2) is 0 Å². The average Bonchev–Trinajstić information content (AvgIpc) is 3.05. The summed E-state index contributed by atoms with van der Waals surface area (Å²) in [6, 6.07) is 30.7. The van der Waals surface area contributed by atoms with E-state index in [0.29, 0.717) is 23.6 Å². The van der Waals surface area contributed by atoms with Crippen LogP contribution >= 0.6 is 11.6 Å². The zero-order chi connectivity index (χ0) is 33.5. The Bertz CT molecular complexity index is 2190. The molecule has 0 spiro atoms. The largest absolute Gasteiger partial charge is 0.368 e. The van der Waals surface area contributed by atoms with Crippen LogP contribution < -0.4 is 21.7 Å². The van der Waals surface area contributed by atoms with Crippen molar-refractivity contribution in [1.82, 2.24) is 29.9 Å². The Balaban J connectivity index is 1.15. The van der Waals surface area contributed by atoms with Gasteiger partial charge >= 0.3 is 0 Å². The van der Waals surface area contributed by atoms with Crippen LogP contribution in [0.5, 0.6) is 0 Å². The monoisotopic (exact) mass is 678 g/mol. The highest BCUT2D eigenvalue weighted by Gasteiger charge is 2.16. The molecule has 0 amide bonds. The van der Waals surface area contributed by atoms with Crippen LogP contribution in [0.15, 0.2) is 108 Å². The Labute approximate surface area is 280 Å². The predicted molar refractivity (Wildman–Crippen MR) is 186 cm³/mol. The van der Waals surface area contributed by atoms with E-state index in [2.05, 4.69) is 45.9 Å². The van der Waals surface area contributed by atoms with Crippen molar-refractivity contribution in [2.24, 2.45) is 0 Å². The quantitative estimate of drug-likeness (QED) is 0.0734. The van der Waals surface area contributed by atoms with Gasteiger partial charge in [0.25, 0.3) is 10.1 Å². The van der Waals surface area contributed by atoms with Crippen molar-refractivity contribution in [2.75, 3.05) is 21.7 Å². The van der Waals surface area contributed by atoms with Crippen molar-refractivity contribution in [3.8, 4) is 0 Å². The molecule has 0 unspecified atom stereocenters. The van der Waals surface area contributed by atoms with Gasteiger partial charge in [-0.2, -0.15) is 38.3 Å². The van der Waals surface area contributed by atoms with Gasteiger partial charge < -0.3 is 21.7 Å². The minimum atomic E-state index is -4.59. The van der Waals surface area contributed by atoms with Crippen LogP contribution in [0, 0.1) is 0 Å². The van der Waals surface area contributed by atoms with Crippen molar-refractivity contribution in [3.63, 3.8) is 0 Å². The van der Waals surface area contributed by atoms with E-state index < -0.39 is 10.1 Å². The second-order valence-corrected chi connectivity index (χ2v) is 12.0. The third kappa shape index (κ3) is 8.64. The number of anilines is 7. The molecule has 0 saturated carbocycles. The highest BCUT2D eigenvalue weighted by atomic mass is 35.5. The number of halogens is 1. The Hall–Kier alpha value is -5.96. The van der Waals surface area contributed by atoms with E-state index in [1.807, 2.05) is 72.8 Å². The van der Waals surface area contributed by atoms with Crippen molar-refractivity contribution in [3.05, 3.63) is 131 Å². The molecule has 0 saturated heterocycles. The molecule has 0 bridgehead atoms. The summed E-state index contributed by atoms with van der Waals surface area (Å²) in [4.78, 5) is 25.0. The van der Waals surface area contributed by atoms with E-state index in [9.17, 15) is 13.0 Å². The van der Waals surface area contributed by atoms with Gasteiger partial charge in [-0.15, -0.1) is 0 Å². The van der Waals surface area contributed by atoms with Crippen LogP contribution in [0.3, 0.4) is 0 Å². The van der Waals surface area contributed by atoms with Crippen molar-refractivity contribution < 1.29 is 13.0 Å². The molecule has 6 N–H and O–H groups in total. The lowest BCUT2D eigenvalue weighted by atomic mass is 10.1. The number of nitrogens with two attached hydrogens (primary N) is 1. The molecule has 4 aromatic carbocycles. The number of hydrogen-bond donors (Lipinski definition) is 5. The first-order valence-corrected chi connectivity index (χ1v) is 16.2. The molecule has 15 heteroatoms. The van der Waals surface area contributed by atoms with E-state index in [1.54, 1.807) is 36.4 Å². The third-order valence-corrected chi connectivity index (χ3v) is 7.79. The Morgan fingerprint density at radius 1 is 0.667 bits per heavy atom. The van der Waals surface area contributed by atoms with Gasteiger partial charge in [0, 0.05) is 23.5 Å². The maximum absolute atomic E-state index is 12.3. The Morgan fingerprint density at radius 3 is 1.92 bits per heavy atom. The molecule has 0 aliphatic heterocycles. The maximum atomic E-state index is 12.3. The predicted octanol–water partition coefficient (Wildman–Crippen LogP) is 6.53. The van der Waals surface area contributed by atoms with Gasteiger partial charge in [-0.1, -0.05) is 78.9 Å². The van der Waals surface area contributed by atoms with Gasteiger partial charge in [0.2, 0.25) is 29.1 Å². The van der Waals surface area contributed by atoms with Crippen molar-refractivity contribution in [2.45, 2.75) is 11.3 Å². The molecule has 0 aliphatic carbocycles. The molecule has 6 rings (SSSR count). The second-order valence-electron chi connectivity index (χ2n) is 10.3. The normalized spacial score (nSPS) is 11.4. The first-order valence-electron chi connectivity index (χ1n) is 14.4. The second kappa shape index (κ2) is 14.2. The molecule has 0 radical (unpaired) electrons. The van der Waals surface area contributed by atoms with Crippen LogP contribution in [0.1, 0.15) is 22.5 Å². The minimum Gasteiger partial charge on any atom is -0.368 e. The topological polar surface area (TPSA) is 194 Å². The number of rotatable bonds is 11. The number of nitrogens with one attached hydrogen (secondary N) is 3. The van der Waals surface area contributed by atoms with Crippen LogP contribution in [0.25, 0.3) is 12.2 Å². The van der Waals surface area contributed by atoms with Gasteiger partial charge in [-0.05, 0) is 64.7 Å². The summed E-state index contributed by atoms with van der Waals surface area (Å²) in [7, 11) is -4.59. The van der Waals surface area contributed by atoms with Crippen LogP contribution in [0.4, 0.5) is 40.9 Å². The summed E-state index contributed by atoms with van der Waals surface area (Å²) >= 11 is 6.11. The van der Waals surface area contributed by atoms with Crippen molar-refractivity contribution >= 4 is 74.7 Å². The first-order chi connectivity index (χ1) is 23.2. The Morgan fingerprint density at radius 2 is 1.25 bits per heavy atom. The molecule has 13 nitrogen and oxygen atoms in total. The first kappa shape index (κ1) is 32.0. The lowest BCUT2D eigenvalue weighted by molar-refractivity contribution is 0.483. The zero-order valence-electron chi connectivity index (χ0n) is 25.0. The van der Waals surface area contributed by atoms with E-state index in [1.165, 1.54) is 6.07 Å². The maximum Gasteiger partial charge on any atom is 0.295 e. The number of aromatic nitrogens is 6. The summed E-state index contributed by atoms with van der Waals surface area (Å²) in [5.74, 6) is 1.11. The molecular weight excluding hydrogens is 652 g/mol. The van der Waals surface area contributed by atoms with Gasteiger partial charge in [0.1, 0.15) is 10.7 Å². The van der Waals surface area contributed by atoms with E-state index in [4.69, 9.17) is 17.3 Å². The summed E-state index contributed by atoms with van der Waals surface area (Å²) in [6.07, 6.45) is 3.73. The summed E-state index contributed by atoms with van der Waals surface area (Å²) in [5.41, 5.74) is 9.72. The fourth-order valence-electron chi connectivity index (χ4n) is 4.56. The molecule has 0 fully saturated rings. The number of benzene rings is 4. The molecule has 2 aromatic heterocycles. The van der Waals surface area contributed by atoms with E-state index >= 15 is 0 Å². The fraction of sp³-hybridized carbons (Fsp3) is 0.0303. The van der Waals surface area contributed by atoms with E-state index in [-0.39, 0.29) is 39.5 Å². The van der Waals surface area contributed by atoms with E-state index in [0.717, 1.165) is 16.8 Å². The molecule has 2 heterocycles. The smallest absolute Gasteiger partial charge is 0.295 e. The fourth-order valence-corrected chi connectivity index (χ4v) is 5.43. The molecule has 0 aliphatic rings. The molecule has 48 heavy (non-hydrogen) atoms. The summed E-state index contributed by atoms with van der Waals surface area (Å²) in [6.45, 7) is 0. The third-order valence-electron chi connectivity index (χ3n) is 6.71. The lowest BCUT2D eigenvalue weighted by Gasteiger charge is -2.10. The molecule has 0 atom stereocenters. The van der Waals surface area contributed by atoms with Crippen LogP contribution in [0.2, 0.25) is 5.28 Å². The molecule has 6 aromatic rings. The van der Waals surface area contributed by atoms with Gasteiger partial charge in [-0.3, -0.25) is 4.55 Å². The van der Waals surface area contributed by atoms with Crippen LogP contribution in [-0.4, -0.2) is 42.9 Å². The zero-order valence-corrected chi connectivity index (χ0v) is 26.6. The molecule has 240 valence electrons. The standard InChI is InChI=1S/C33H27ClN10O3S/c34-29-41-32(36-24-9-5-2-6-10-24)44-33(42-29)37-25-16-12-21(13-17-25)11-14-23-15-18-26(20-27(23)48(45,46)47)38-31-40-28(39-30(35)43-31)19-22-7-3-1-4-8-22/h1-18,20H,19H2,(H,45,46,47)(H3,35,38,39,40,43)(H2,36,37,41,42,44)/b14-11+. The Kier molecular flexibility index (Phi) is 9.47. The highest BCUT2D eigenvalue weighted by Crippen LogP contribution is 2.26. The number of nitrogen functional groups attached to an aromatic ring is 1. The van der Waals surface area contributed by atoms with Gasteiger partial charge in [0.15, 0.2) is 0 Å². The minimum absolute atomic E-state index is 0.0103. The number of para-hydroxylation sites is 1. The van der Waals surface area contributed by atoms with Gasteiger partial charge in [0.05, 0.1) is 0 Å². The summed E-state index contributed by atoms with van der Waals surface area (Å²) in [5, 5.41) is 9.15. The van der Waals surface area contributed by atoms with Crippen LogP contribution in [-0.2, 0) is 16.5 Å². The summed E-state index contributed by atoms with van der Waals surface area (Å²) < 4.78 is 34.7. The van der Waals surface area contributed by atoms with Crippen molar-refractivity contribution in [1.29, 1.82) is 0 Å².